The van der Waals surface area contributed by atoms with Crippen LogP contribution in [0.1, 0.15) is 24.3 Å². The molecule has 4 rings (SSSR count). The van der Waals surface area contributed by atoms with Gasteiger partial charge in [-0.2, -0.15) is 0 Å². The minimum Gasteiger partial charge on any atom is -0.388 e. The Morgan fingerprint density at radius 2 is 1.67 bits per heavy atom. The first-order valence-electron chi connectivity index (χ1n) is 9.83. The normalized spacial score (nSPS) is 16.6. The third kappa shape index (κ3) is 3.97. The van der Waals surface area contributed by atoms with E-state index in [1.807, 2.05) is 30.3 Å². The molecule has 0 amide bonds. The van der Waals surface area contributed by atoms with Gasteiger partial charge in [-0.1, -0.05) is 61.5 Å². The number of nitrogens with zero attached hydrogens (tertiary/aromatic N) is 3. The molecule has 0 radical (unpaired) electrons. The van der Waals surface area contributed by atoms with Gasteiger partial charge in [0.15, 0.2) is 0 Å². The third-order valence-corrected chi connectivity index (χ3v) is 5.48. The predicted octanol–water partition coefficient (Wildman–Crippen LogP) is 3.65. The van der Waals surface area contributed by atoms with Crippen LogP contribution in [0.2, 0.25) is 0 Å². The Kier molecular flexibility index (Phi) is 5.37. The van der Waals surface area contributed by atoms with Gasteiger partial charge < -0.3 is 14.9 Å². The summed E-state index contributed by atoms with van der Waals surface area (Å²) in [5.41, 5.74) is 1.88. The van der Waals surface area contributed by atoms with Gasteiger partial charge in [0, 0.05) is 43.7 Å². The number of anilines is 1. The van der Waals surface area contributed by atoms with Crippen molar-refractivity contribution in [3.8, 4) is 0 Å². The van der Waals surface area contributed by atoms with Gasteiger partial charge in [-0.3, -0.25) is 0 Å². The van der Waals surface area contributed by atoms with Crippen molar-refractivity contribution in [2.75, 3.05) is 37.6 Å². The molecule has 1 unspecified atom stereocenters. The molecule has 0 spiro atoms. The third-order valence-electron chi connectivity index (χ3n) is 5.48. The molecule has 2 heterocycles. The molecule has 1 N–H and O–H groups in total. The first-order chi connectivity index (χ1) is 13.2. The van der Waals surface area contributed by atoms with Crippen LogP contribution in [-0.4, -0.2) is 47.7 Å². The number of hydrogen-bond acceptors (Lipinski definition) is 4. The smallest absolute Gasteiger partial charge is 0.136 e. The highest BCUT2D eigenvalue weighted by atomic mass is 16.3. The molecule has 1 fully saturated rings. The number of pyridine rings is 1. The van der Waals surface area contributed by atoms with Crippen LogP contribution in [0.25, 0.3) is 10.8 Å². The number of benzene rings is 2. The largest absolute Gasteiger partial charge is 0.388 e. The summed E-state index contributed by atoms with van der Waals surface area (Å²) in [7, 11) is 0. The summed E-state index contributed by atoms with van der Waals surface area (Å²) in [6.45, 7) is 7.46. The van der Waals surface area contributed by atoms with Crippen LogP contribution in [-0.2, 0) is 6.42 Å². The van der Waals surface area contributed by atoms with E-state index in [1.165, 1.54) is 10.8 Å². The second-order valence-corrected chi connectivity index (χ2v) is 7.21. The van der Waals surface area contributed by atoms with E-state index in [9.17, 15) is 5.11 Å². The number of piperazine rings is 1. The maximum atomic E-state index is 10.7. The van der Waals surface area contributed by atoms with Crippen LogP contribution in [0.15, 0.2) is 60.7 Å². The van der Waals surface area contributed by atoms with Crippen LogP contribution in [0.4, 0.5) is 5.82 Å². The molecule has 1 aromatic heterocycles. The fraction of sp³-hybridized carbons (Fsp3) is 0.348. The molecule has 0 saturated carbocycles. The Bertz CT molecular complexity index is 889. The summed E-state index contributed by atoms with van der Waals surface area (Å²) in [5.74, 6) is 1.05. The van der Waals surface area contributed by atoms with Crippen molar-refractivity contribution in [2.45, 2.75) is 19.4 Å². The number of likely N-dealkylation sites (N-methyl/N-ethyl adjacent to an activating group) is 1. The van der Waals surface area contributed by atoms with Gasteiger partial charge in [-0.05, 0) is 23.6 Å². The topological polar surface area (TPSA) is 39.6 Å². The molecule has 1 saturated heterocycles. The van der Waals surface area contributed by atoms with E-state index < -0.39 is 6.10 Å². The van der Waals surface area contributed by atoms with Gasteiger partial charge in [-0.15, -0.1) is 0 Å². The molecule has 1 aliphatic heterocycles. The highest BCUT2D eigenvalue weighted by Gasteiger charge is 2.20. The predicted molar refractivity (Wildman–Crippen MR) is 111 cm³/mol. The molecule has 3 aromatic rings. The Labute approximate surface area is 161 Å². The molecule has 27 heavy (non-hydrogen) atoms. The molecule has 140 valence electrons. The van der Waals surface area contributed by atoms with E-state index >= 15 is 0 Å². The van der Waals surface area contributed by atoms with Gasteiger partial charge in [0.2, 0.25) is 0 Å². The maximum absolute atomic E-state index is 10.7. The number of rotatable bonds is 5. The number of fused-ring (bicyclic) bond motifs is 1. The lowest BCUT2D eigenvalue weighted by Gasteiger charge is -2.35. The fourth-order valence-corrected chi connectivity index (χ4v) is 3.85. The lowest BCUT2D eigenvalue weighted by molar-refractivity contribution is 0.177. The van der Waals surface area contributed by atoms with Crippen LogP contribution in [0, 0.1) is 0 Å². The molecule has 1 atom stereocenters. The van der Waals surface area contributed by atoms with E-state index in [-0.39, 0.29) is 0 Å². The Morgan fingerprint density at radius 1 is 0.963 bits per heavy atom. The lowest BCUT2D eigenvalue weighted by atomic mass is 10.0. The van der Waals surface area contributed by atoms with Gasteiger partial charge in [0.25, 0.3) is 0 Å². The van der Waals surface area contributed by atoms with Crippen molar-refractivity contribution < 1.29 is 5.11 Å². The van der Waals surface area contributed by atoms with E-state index in [1.54, 1.807) is 0 Å². The van der Waals surface area contributed by atoms with Gasteiger partial charge >= 0.3 is 0 Å². The zero-order valence-electron chi connectivity index (χ0n) is 15.9. The molecule has 0 aliphatic carbocycles. The summed E-state index contributed by atoms with van der Waals surface area (Å²) >= 11 is 0. The first kappa shape index (κ1) is 18.0. The Hall–Kier alpha value is -2.43. The maximum Gasteiger partial charge on any atom is 0.136 e. The Morgan fingerprint density at radius 3 is 2.41 bits per heavy atom. The molecule has 4 heteroatoms. The average Bonchev–Trinajstić information content (AvgIpc) is 2.74. The van der Waals surface area contributed by atoms with Crippen LogP contribution in [0.3, 0.4) is 0 Å². The van der Waals surface area contributed by atoms with Gasteiger partial charge in [-0.25, -0.2) is 4.98 Å². The van der Waals surface area contributed by atoms with Crippen molar-refractivity contribution in [3.05, 3.63) is 71.9 Å². The minimum absolute atomic E-state index is 0.525. The lowest BCUT2D eigenvalue weighted by Crippen LogP contribution is -2.46. The molecular weight excluding hydrogens is 334 g/mol. The van der Waals surface area contributed by atoms with E-state index in [0.29, 0.717) is 6.42 Å². The number of hydrogen-bond donors (Lipinski definition) is 1. The highest BCUT2D eigenvalue weighted by molar-refractivity contribution is 5.92. The fourth-order valence-electron chi connectivity index (χ4n) is 3.85. The monoisotopic (exact) mass is 361 g/mol. The van der Waals surface area contributed by atoms with Crippen LogP contribution >= 0.6 is 0 Å². The average molecular weight is 361 g/mol. The summed E-state index contributed by atoms with van der Waals surface area (Å²) in [6, 6.07) is 20.4. The van der Waals surface area contributed by atoms with Crippen molar-refractivity contribution in [3.63, 3.8) is 0 Å². The van der Waals surface area contributed by atoms with Crippen molar-refractivity contribution in [1.29, 1.82) is 0 Å². The van der Waals surface area contributed by atoms with E-state index in [0.717, 1.165) is 49.8 Å². The van der Waals surface area contributed by atoms with Crippen LogP contribution in [0.5, 0.6) is 0 Å². The summed E-state index contributed by atoms with van der Waals surface area (Å²) in [5, 5.41) is 13.0. The van der Waals surface area contributed by atoms with Crippen molar-refractivity contribution in [1.82, 2.24) is 9.88 Å². The summed E-state index contributed by atoms with van der Waals surface area (Å²) in [4.78, 5) is 9.86. The summed E-state index contributed by atoms with van der Waals surface area (Å²) in [6.07, 6.45) is -0.0128. The molecule has 4 nitrogen and oxygen atoms in total. The molecular formula is C23H27N3O. The van der Waals surface area contributed by atoms with E-state index in [2.05, 4.69) is 47.1 Å². The highest BCUT2D eigenvalue weighted by Crippen LogP contribution is 2.28. The zero-order valence-corrected chi connectivity index (χ0v) is 15.9. The second-order valence-electron chi connectivity index (χ2n) is 7.21. The number of aliphatic hydroxyl groups is 1. The zero-order chi connectivity index (χ0) is 18.6. The van der Waals surface area contributed by atoms with Gasteiger partial charge in [0.1, 0.15) is 5.82 Å². The summed E-state index contributed by atoms with van der Waals surface area (Å²) < 4.78 is 0. The minimum atomic E-state index is -0.537. The first-order valence-corrected chi connectivity index (χ1v) is 9.83. The Balaban J connectivity index is 1.64. The van der Waals surface area contributed by atoms with Gasteiger partial charge in [0.05, 0.1) is 6.10 Å². The molecule has 2 aromatic carbocycles. The van der Waals surface area contributed by atoms with Crippen molar-refractivity contribution in [2.24, 2.45) is 0 Å². The van der Waals surface area contributed by atoms with E-state index in [4.69, 9.17) is 4.98 Å². The standard InChI is InChI=1S/C23H27N3O/c1-2-25-12-14-26(15-13-25)23-21-11-7-6-10-19(21)16-20(24-23)17-22(27)18-8-4-3-5-9-18/h3-11,16,22,27H,2,12-15,17H2,1H3. The second kappa shape index (κ2) is 8.07. The van der Waals surface area contributed by atoms with Crippen LogP contribution < -0.4 is 4.90 Å². The molecule has 0 bridgehead atoms. The quantitative estimate of drug-likeness (QED) is 0.753. The number of aromatic nitrogens is 1. The van der Waals surface area contributed by atoms with Crippen molar-refractivity contribution >= 4 is 16.6 Å². The molecule has 1 aliphatic rings. The number of aliphatic hydroxyl groups excluding tert-OH is 1. The SMILES string of the molecule is CCN1CCN(c2nc(CC(O)c3ccccc3)cc3ccccc23)CC1.